The smallest absolute Gasteiger partial charge is 0.248 e. The van der Waals surface area contributed by atoms with Gasteiger partial charge in [0.05, 0.1) is 11.5 Å². The highest BCUT2D eigenvalue weighted by Crippen LogP contribution is 2.32. The van der Waals surface area contributed by atoms with E-state index in [4.69, 9.17) is 0 Å². The zero-order valence-electron chi connectivity index (χ0n) is 21.5. The summed E-state index contributed by atoms with van der Waals surface area (Å²) in [6, 6.07) is 14.9. The van der Waals surface area contributed by atoms with Crippen LogP contribution in [-0.4, -0.2) is 41.1 Å². The van der Waals surface area contributed by atoms with Crippen LogP contribution in [0, 0.1) is 5.82 Å². The standard InChI is InChI=1S/C29H30FN3O4S2/c1-19(34)20-8-14-24(15-9-20)33(27(36)18-38-17-26(35)31-23-12-10-21(30)11-13-23)28(25-7-4-16-39-25)29(37)32-22-5-2-3-6-22/h4,7-16,22,28H,2-3,5-6,17-18H2,1H3,(H,31,35)(H,32,37)/t28-/m1/s1. The molecule has 204 valence electrons. The first-order valence-electron chi connectivity index (χ1n) is 12.7. The summed E-state index contributed by atoms with van der Waals surface area (Å²) in [7, 11) is 0. The van der Waals surface area contributed by atoms with Gasteiger partial charge in [-0.1, -0.05) is 18.9 Å². The minimum absolute atomic E-state index is 0.00182. The molecule has 1 heterocycles. The average molecular weight is 568 g/mol. The minimum Gasteiger partial charge on any atom is -0.351 e. The number of carbonyl (C=O) groups excluding carboxylic acids is 4. The lowest BCUT2D eigenvalue weighted by molar-refractivity contribution is -0.126. The lowest BCUT2D eigenvalue weighted by Crippen LogP contribution is -2.46. The molecule has 0 aliphatic heterocycles. The molecule has 7 nitrogen and oxygen atoms in total. The summed E-state index contributed by atoms with van der Waals surface area (Å²) in [4.78, 5) is 53.8. The Morgan fingerprint density at radius 1 is 1.00 bits per heavy atom. The molecule has 1 fully saturated rings. The number of benzene rings is 2. The third kappa shape index (κ3) is 7.77. The highest BCUT2D eigenvalue weighted by Gasteiger charge is 2.35. The van der Waals surface area contributed by atoms with E-state index in [9.17, 15) is 23.6 Å². The van der Waals surface area contributed by atoms with Gasteiger partial charge in [0.15, 0.2) is 5.78 Å². The first kappa shape index (κ1) is 28.5. The van der Waals surface area contributed by atoms with Crippen molar-refractivity contribution in [2.75, 3.05) is 21.7 Å². The van der Waals surface area contributed by atoms with Crippen LogP contribution in [0.1, 0.15) is 53.9 Å². The summed E-state index contributed by atoms with van der Waals surface area (Å²) in [5.41, 5.74) is 1.45. The van der Waals surface area contributed by atoms with E-state index in [2.05, 4.69) is 10.6 Å². The number of carbonyl (C=O) groups is 4. The Balaban J connectivity index is 1.53. The number of anilines is 2. The number of Topliss-reactive ketones (excluding diaryl/α,β-unsaturated/α-hetero) is 1. The Morgan fingerprint density at radius 2 is 1.69 bits per heavy atom. The van der Waals surface area contributed by atoms with Crippen molar-refractivity contribution in [3.63, 3.8) is 0 Å². The van der Waals surface area contributed by atoms with Crippen molar-refractivity contribution < 1.29 is 23.6 Å². The molecule has 3 aromatic rings. The molecular weight excluding hydrogens is 537 g/mol. The zero-order valence-corrected chi connectivity index (χ0v) is 23.2. The van der Waals surface area contributed by atoms with Gasteiger partial charge in [0, 0.05) is 27.9 Å². The molecule has 2 N–H and O–H groups in total. The number of thiophene rings is 1. The number of halogens is 1. The van der Waals surface area contributed by atoms with E-state index in [1.165, 1.54) is 47.4 Å². The van der Waals surface area contributed by atoms with Crippen LogP contribution in [0.25, 0.3) is 0 Å². The first-order valence-corrected chi connectivity index (χ1v) is 14.8. The zero-order chi connectivity index (χ0) is 27.8. The van der Waals surface area contributed by atoms with Crippen LogP contribution in [0.4, 0.5) is 15.8 Å². The molecule has 4 rings (SSSR count). The molecule has 10 heteroatoms. The molecule has 1 aliphatic carbocycles. The van der Waals surface area contributed by atoms with Crippen molar-refractivity contribution in [1.82, 2.24) is 5.32 Å². The maximum Gasteiger partial charge on any atom is 0.248 e. The Labute approximate surface area is 235 Å². The van der Waals surface area contributed by atoms with Crippen LogP contribution < -0.4 is 15.5 Å². The second-order valence-corrected chi connectivity index (χ2v) is 11.3. The van der Waals surface area contributed by atoms with Gasteiger partial charge in [-0.2, -0.15) is 0 Å². The predicted octanol–water partition coefficient (Wildman–Crippen LogP) is 5.59. The Bertz CT molecular complexity index is 1290. The summed E-state index contributed by atoms with van der Waals surface area (Å²) >= 11 is 2.51. The second-order valence-electron chi connectivity index (χ2n) is 9.32. The van der Waals surface area contributed by atoms with Gasteiger partial charge in [-0.25, -0.2) is 4.39 Å². The van der Waals surface area contributed by atoms with E-state index in [0.29, 0.717) is 21.8 Å². The van der Waals surface area contributed by atoms with Gasteiger partial charge in [-0.15, -0.1) is 23.1 Å². The molecule has 0 unspecified atom stereocenters. The highest BCUT2D eigenvalue weighted by molar-refractivity contribution is 8.00. The van der Waals surface area contributed by atoms with E-state index >= 15 is 0 Å². The van der Waals surface area contributed by atoms with Gasteiger partial charge < -0.3 is 10.6 Å². The highest BCUT2D eigenvalue weighted by atomic mass is 32.2. The van der Waals surface area contributed by atoms with Crippen molar-refractivity contribution in [2.24, 2.45) is 0 Å². The van der Waals surface area contributed by atoms with Crippen LogP contribution in [0.5, 0.6) is 0 Å². The van der Waals surface area contributed by atoms with E-state index in [1.54, 1.807) is 24.3 Å². The Morgan fingerprint density at radius 3 is 2.31 bits per heavy atom. The van der Waals surface area contributed by atoms with Crippen LogP contribution in [0.2, 0.25) is 0 Å². The minimum atomic E-state index is -0.894. The van der Waals surface area contributed by atoms with E-state index in [-0.39, 0.29) is 41.1 Å². The number of hydrogen-bond donors (Lipinski definition) is 2. The average Bonchev–Trinajstić information content (AvgIpc) is 3.63. The monoisotopic (exact) mass is 567 g/mol. The molecular formula is C29H30FN3O4S2. The molecule has 0 radical (unpaired) electrons. The largest absolute Gasteiger partial charge is 0.351 e. The fourth-order valence-corrected chi connectivity index (χ4v) is 5.98. The number of nitrogens with zero attached hydrogens (tertiary/aromatic N) is 1. The van der Waals surface area contributed by atoms with Gasteiger partial charge in [0.25, 0.3) is 0 Å². The predicted molar refractivity (Wildman–Crippen MR) is 154 cm³/mol. The molecule has 2 aromatic carbocycles. The number of nitrogens with one attached hydrogen (secondary N) is 2. The van der Waals surface area contributed by atoms with Gasteiger partial charge in [0.2, 0.25) is 17.7 Å². The lowest BCUT2D eigenvalue weighted by Gasteiger charge is -2.31. The summed E-state index contributed by atoms with van der Waals surface area (Å²) < 4.78 is 13.1. The fourth-order valence-electron chi connectivity index (χ4n) is 4.50. The molecule has 1 aromatic heterocycles. The maximum absolute atomic E-state index is 13.7. The Hall–Kier alpha value is -3.50. The molecule has 3 amide bonds. The van der Waals surface area contributed by atoms with Crippen molar-refractivity contribution in [2.45, 2.75) is 44.7 Å². The molecule has 0 spiro atoms. The SMILES string of the molecule is CC(=O)c1ccc(N(C(=O)CSCC(=O)Nc2ccc(F)cc2)[C@@H](C(=O)NC2CCCC2)c2cccs2)cc1. The third-order valence-electron chi connectivity index (χ3n) is 6.43. The van der Waals surface area contributed by atoms with Crippen molar-refractivity contribution >= 4 is 58.0 Å². The summed E-state index contributed by atoms with van der Waals surface area (Å²) in [6.07, 6.45) is 3.92. The molecule has 0 saturated heterocycles. The van der Waals surface area contributed by atoms with Gasteiger partial charge in [-0.05, 0) is 79.7 Å². The maximum atomic E-state index is 13.7. The number of ketones is 1. The van der Waals surface area contributed by atoms with Gasteiger partial charge in [-0.3, -0.25) is 24.1 Å². The summed E-state index contributed by atoms with van der Waals surface area (Å²) in [6.45, 7) is 1.47. The van der Waals surface area contributed by atoms with Crippen LogP contribution in [0.15, 0.2) is 66.0 Å². The second kappa shape index (κ2) is 13.5. The molecule has 0 bridgehead atoms. The normalized spacial score (nSPS) is 14.0. The molecule has 39 heavy (non-hydrogen) atoms. The van der Waals surface area contributed by atoms with E-state index in [0.717, 1.165) is 37.4 Å². The van der Waals surface area contributed by atoms with E-state index in [1.807, 2.05) is 17.5 Å². The number of thioether (sulfide) groups is 1. The molecule has 1 saturated carbocycles. The van der Waals surface area contributed by atoms with Crippen molar-refractivity contribution in [1.29, 1.82) is 0 Å². The quantitative estimate of drug-likeness (QED) is 0.294. The number of rotatable bonds is 11. The molecule has 1 aliphatic rings. The number of hydrogen-bond acceptors (Lipinski definition) is 6. The summed E-state index contributed by atoms with van der Waals surface area (Å²) in [5, 5.41) is 7.67. The number of amides is 3. The van der Waals surface area contributed by atoms with Gasteiger partial charge >= 0.3 is 0 Å². The van der Waals surface area contributed by atoms with Crippen LogP contribution in [-0.2, 0) is 14.4 Å². The summed E-state index contributed by atoms with van der Waals surface area (Å²) in [5.74, 6) is -1.48. The van der Waals surface area contributed by atoms with Crippen LogP contribution in [0.3, 0.4) is 0 Å². The lowest BCUT2D eigenvalue weighted by atomic mass is 10.1. The topological polar surface area (TPSA) is 95.6 Å². The van der Waals surface area contributed by atoms with Crippen LogP contribution >= 0.6 is 23.1 Å². The first-order chi connectivity index (χ1) is 18.8. The van der Waals surface area contributed by atoms with Gasteiger partial charge in [0.1, 0.15) is 11.9 Å². The molecule has 1 atom stereocenters. The van der Waals surface area contributed by atoms with Crippen molar-refractivity contribution in [3.8, 4) is 0 Å². The third-order valence-corrected chi connectivity index (χ3v) is 8.27. The Kier molecular flexibility index (Phi) is 9.89. The van der Waals surface area contributed by atoms with E-state index < -0.39 is 11.9 Å². The van der Waals surface area contributed by atoms with Crippen molar-refractivity contribution in [3.05, 3.63) is 82.3 Å². The fraction of sp³-hybridized carbons (Fsp3) is 0.310.